The van der Waals surface area contributed by atoms with Gasteiger partial charge in [-0.25, -0.2) is 0 Å². The van der Waals surface area contributed by atoms with Crippen molar-refractivity contribution < 1.29 is 4.74 Å². The summed E-state index contributed by atoms with van der Waals surface area (Å²) in [5, 5.41) is 7.73. The predicted octanol–water partition coefficient (Wildman–Crippen LogP) is 2.97. The topological polar surface area (TPSA) is 39.1 Å². The molecule has 0 saturated carbocycles. The molecule has 1 N–H and O–H groups in total. The zero-order valence-corrected chi connectivity index (χ0v) is 11.4. The second kappa shape index (κ2) is 5.12. The van der Waals surface area contributed by atoms with Gasteiger partial charge in [0.2, 0.25) is 0 Å². The Balaban J connectivity index is 1.81. The zero-order chi connectivity index (χ0) is 12.4. The molecule has 3 rings (SSSR count). The maximum atomic E-state index is 5.80. The van der Waals surface area contributed by atoms with E-state index >= 15 is 0 Å². The molecule has 2 heterocycles. The number of aromatic nitrogens is 2. The third kappa shape index (κ3) is 2.28. The van der Waals surface area contributed by atoms with E-state index in [-0.39, 0.29) is 0 Å². The largest absolute Gasteiger partial charge is 0.453 e. The molecule has 0 aliphatic carbocycles. The van der Waals surface area contributed by atoms with Crippen molar-refractivity contribution >= 4 is 15.9 Å². The number of para-hydroxylation sites is 1. The van der Waals surface area contributed by atoms with Crippen LogP contribution in [0.3, 0.4) is 0 Å². The fourth-order valence-corrected chi connectivity index (χ4v) is 2.68. The van der Waals surface area contributed by atoms with Gasteiger partial charge in [0.25, 0.3) is 0 Å². The molecule has 1 saturated heterocycles. The Kier molecular flexibility index (Phi) is 3.34. The maximum absolute atomic E-state index is 5.80. The van der Waals surface area contributed by atoms with Crippen molar-refractivity contribution in [1.82, 2.24) is 15.1 Å². The Morgan fingerprint density at radius 1 is 1.33 bits per heavy atom. The lowest BCUT2D eigenvalue weighted by Gasteiger charge is -2.10. The number of ether oxygens (including phenoxy) is 1. The molecule has 0 spiro atoms. The summed E-state index contributed by atoms with van der Waals surface area (Å²) in [7, 11) is 0. The molecule has 0 radical (unpaired) electrons. The van der Waals surface area contributed by atoms with E-state index in [4.69, 9.17) is 4.74 Å². The van der Waals surface area contributed by atoms with Crippen molar-refractivity contribution in [2.75, 3.05) is 13.1 Å². The zero-order valence-electron chi connectivity index (χ0n) is 9.84. The first-order chi connectivity index (χ1) is 8.84. The number of nitrogens with zero attached hydrogens (tertiary/aromatic N) is 2. The van der Waals surface area contributed by atoms with Crippen molar-refractivity contribution in [1.29, 1.82) is 0 Å². The third-order valence-corrected chi connectivity index (χ3v) is 3.81. The van der Waals surface area contributed by atoms with Crippen LogP contribution < -0.4 is 10.1 Å². The monoisotopic (exact) mass is 307 g/mol. The minimum atomic E-state index is 0.410. The van der Waals surface area contributed by atoms with Crippen LogP contribution in [-0.4, -0.2) is 22.9 Å². The Labute approximate surface area is 114 Å². The lowest BCUT2D eigenvalue weighted by atomic mass is 10.3. The van der Waals surface area contributed by atoms with Crippen molar-refractivity contribution in [2.45, 2.75) is 12.5 Å². The first-order valence-corrected chi connectivity index (χ1v) is 6.80. The van der Waals surface area contributed by atoms with Gasteiger partial charge in [0.15, 0.2) is 5.75 Å². The van der Waals surface area contributed by atoms with Crippen LogP contribution in [0.2, 0.25) is 0 Å². The molecule has 94 valence electrons. The van der Waals surface area contributed by atoms with Gasteiger partial charge < -0.3 is 10.1 Å². The number of hydrogen-bond acceptors (Lipinski definition) is 3. The van der Waals surface area contributed by atoms with E-state index in [0.29, 0.717) is 6.04 Å². The minimum absolute atomic E-state index is 0.410. The van der Waals surface area contributed by atoms with Crippen LogP contribution in [0, 0.1) is 0 Å². The fraction of sp³-hybridized carbons (Fsp3) is 0.308. The lowest BCUT2D eigenvalue weighted by molar-refractivity contribution is 0.459. The van der Waals surface area contributed by atoms with Crippen LogP contribution in [-0.2, 0) is 0 Å². The molecule has 2 aromatic rings. The van der Waals surface area contributed by atoms with E-state index in [1.165, 1.54) is 0 Å². The van der Waals surface area contributed by atoms with Gasteiger partial charge in [-0.15, -0.1) is 0 Å². The normalized spacial score (nSPS) is 19.1. The number of hydrogen-bond donors (Lipinski definition) is 1. The number of benzene rings is 1. The molecule has 5 heteroatoms. The first-order valence-electron chi connectivity index (χ1n) is 6.01. The summed E-state index contributed by atoms with van der Waals surface area (Å²) < 4.78 is 8.69. The standard InChI is InChI=1S/C13H14BrN3O/c14-13-12(18-11-4-2-1-3-5-11)9-16-17(13)10-6-7-15-8-10/h1-5,9-10,15H,6-8H2. The van der Waals surface area contributed by atoms with Crippen LogP contribution in [0.1, 0.15) is 12.5 Å². The van der Waals surface area contributed by atoms with Gasteiger partial charge in [-0.1, -0.05) is 18.2 Å². The molecular weight excluding hydrogens is 294 g/mol. The summed E-state index contributed by atoms with van der Waals surface area (Å²) in [6.07, 6.45) is 2.86. The second-order valence-corrected chi connectivity index (χ2v) is 5.06. The predicted molar refractivity (Wildman–Crippen MR) is 73.0 cm³/mol. The summed E-state index contributed by atoms with van der Waals surface area (Å²) in [6, 6.07) is 10.1. The minimum Gasteiger partial charge on any atom is -0.453 e. The van der Waals surface area contributed by atoms with E-state index in [9.17, 15) is 0 Å². The Hall–Kier alpha value is -1.33. The lowest BCUT2D eigenvalue weighted by Crippen LogP contribution is -2.14. The Morgan fingerprint density at radius 2 is 2.17 bits per heavy atom. The van der Waals surface area contributed by atoms with Crippen LogP contribution >= 0.6 is 15.9 Å². The van der Waals surface area contributed by atoms with E-state index < -0.39 is 0 Å². The Morgan fingerprint density at radius 3 is 2.89 bits per heavy atom. The van der Waals surface area contributed by atoms with Gasteiger partial charge in [-0.2, -0.15) is 5.10 Å². The maximum Gasteiger partial charge on any atom is 0.179 e. The van der Waals surface area contributed by atoms with Crippen molar-refractivity contribution in [3.05, 3.63) is 41.1 Å². The van der Waals surface area contributed by atoms with Gasteiger partial charge in [-0.05, 0) is 41.0 Å². The van der Waals surface area contributed by atoms with Gasteiger partial charge in [0, 0.05) is 6.54 Å². The van der Waals surface area contributed by atoms with Crippen LogP contribution in [0.5, 0.6) is 11.5 Å². The van der Waals surface area contributed by atoms with E-state index in [2.05, 4.69) is 26.3 Å². The molecule has 1 unspecified atom stereocenters. The van der Waals surface area contributed by atoms with E-state index in [1.54, 1.807) is 6.20 Å². The molecule has 4 nitrogen and oxygen atoms in total. The van der Waals surface area contributed by atoms with Crippen molar-refractivity contribution in [3.63, 3.8) is 0 Å². The van der Waals surface area contributed by atoms with Gasteiger partial charge >= 0.3 is 0 Å². The summed E-state index contributed by atoms with van der Waals surface area (Å²) >= 11 is 3.57. The molecule has 0 bridgehead atoms. The van der Waals surface area contributed by atoms with Gasteiger partial charge in [0.1, 0.15) is 10.4 Å². The molecular formula is C13H14BrN3O. The third-order valence-electron chi connectivity index (χ3n) is 3.06. The average Bonchev–Trinajstić information content (AvgIpc) is 3.02. The molecule has 1 aliphatic rings. The summed E-state index contributed by atoms with van der Waals surface area (Å²) in [6.45, 7) is 2.01. The highest BCUT2D eigenvalue weighted by Gasteiger charge is 2.21. The quantitative estimate of drug-likeness (QED) is 0.947. The summed E-state index contributed by atoms with van der Waals surface area (Å²) in [4.78, 5) is 0. The SMILES string of the molecule is Brc1c(Oc2ccccc2)cnn1C1CCNC1. The van der Waals surface area contributed by atoms with Crippen molar-refractivity contribution in [3.8, 4) is 11.5 Å². The molecule has 1 aromatic heterocycles. The highest BCUT2D eigenvalue weighted by molar-refractivity contribution is 9.10. The van der Waals surface area contributed by atoms with Gasteiger partial charge in [0.05, 0.1) is 12.2 Å². The highest BCUT2D eigenvalue weighted by Crippen LogP contribution is 2.32. The molecule has 1 fully saturated rings. The highest BCUT2D eigenvalue weighted by atomic mass is 79.9. The smallest absolute Gasteiger partial charge is 0.179 e. The summed E-state index contributed by atoms with van der Waals surface area (Å²) in [5.41, 5.74) is 0. The number of nitrogens with one attached hydrogen (secondary N) is 1. The van der Waals surface area contributed by atoms with Crippen LogP contribution in [0.4, 0.5) is 0 Å². The number of rotatable bonds is 3. The van der Waals surface area contributed by atoms with Crippen molar-refractivity contribution in [2.24, 2.45) is 0 Å². The molecule has 1 aromatic carbocycles. The fourth-order valence-electron chi connectivity index (χ4n) is 2.12. The molecule has 1 atom stereocenters. The number of halogens is 1. The van der Waals surface area contributed by atoms with Crippen LogP contribution in [0.25, 0.3) is 0 Å². The Bertz CT molecular complexity index is 520. The van der Waals surface area contributed by atoms with Crippen LogP contribution in [0.15, 0.2) is 41.1 Å². The first kappa shape index (κ1) is 11.7. The molecule has 18 heavy (non-hydrogen) atoms. The molecule has 1 aliphatic heterocycles. The second-order valence-electron chi connectivity index (χ2n) is 4.31. The van der Waals surface area contributed by atoms with Gasteiger partial charge in [-0.3, -0.25) is 4.68 Å². The van der Waals surface area contributed by atoms with E-state index in [0.717, 1.165) is 35.6 Å². The average molecular weight is 308 g/mol. The molecule has 0 amide bonds. The summed E-state index contributed by atoms with van der Waals surface area (Å²) in [5.74, 6) is 1.58. The van der Waals surface area contributed by atoms with E-state index in [1.807, 2.05) is 35.0 Å².